The third kappa shape index (κ3) is 4.27. The van der Waals surface area contributed by atoms with E-state index in [4.69, 9.17) is 0 Å². The summed E-state index contributed by atoms with van der Waals surface area (Å²) in [5.74, 6) is -10.8. The summed E-state index contributed by atoms with van der Waals surface area (Å²) in [5, 5.41) is 0. The predicted molar refractivity (Wildman–Crippen MR) is 68.7 cm³/mol. The van der Waals surface area contributed by atoms with Crippen LogP contribution < -0.4 is 0 Å². The lowest BCUT2D eigenvalue weighted by molar-refractivity contribution is 0.370. The van der Waals surface area contributed by atoms with Crippen molar-refractivity contribution in [2.75, 3.05) is 6.16 Å². The van der Waals surface area contributed by atoms with E-state index in [2.05, 4.69) is 0 Å². The highest BCUT2D eigenvalue weighted by molar-refractivity contribution is 7.57. The summed E-state index contributed by atoms with van der Waals surface area (Å²) < 4.78 is 77.8. The highest BCUT2D eigenvalue weighted by Crippen LogP contribution is 2.48. The Labute approximate surface area is 119 Å². The summed E-state index contributed by atoms with van der Waals surface area (Å²) in [4.78, 5) is 9.75. The summed E-state index contributed by atoms with van der Waals surface area (Å²) in [7, 11) is -4.04. The molecule has 0 saturated carbocycles. The van der Waals surface area contributed by atoms with Gasteiger partial charge in [-0.15, -0.1) is 0 Å². The van der Waals surface area contributed by atoms with E-state index in [1.165, 1.54) is 0 Å². The first-order chi connectivity index (χ1) is 9.60. The predicted octanol–water partition coefficient (Wildman–Crippen LogP) is 4.59. The second kappa shape index (κ2) is 6.88. The van der Waals surface area contributed by atoms with Crippen molar-refractivity contribution in [1.29, 1.82) is 0 Å². The smallest absolute Gasteiger partial charge is 0.205 e. The van der Waals surface area contributed by atoms with Gasteiger partial charge in [-0.2, -0.15) is 0 Å². The molecule has 0 saturated heterocycles. The van der Waals surface area contributed by atoms with Gasteiger partial charge >= 0.3 is 0 Å². The summed E-state index contributed by atoms with van der Waals surface area (Å²) in [6, 6.07) is 0. The highest BCUT2D eigenvalue weighted by Gasteiger charge is 2.31. The molecule has 120 valence electrons. The molecule has 0 spiro atoms. The average Bonchev–Trinajstić information content (AvgIpc) is 2.39. The van der Waals surface area contributed by atoms with Crippen LogP contribution in [-0.4, -0.2) is 11.1 Å². The van der Waals surface area contributed by atoms with Gasteiger partial charge in [0, 0.05) is 11.7 Å². The monoisotopic (exact) mass is 330 g/mol. The Bertz CT molecular complexity index is 547. The lowest BCUT2D eigenvalue weighted by atomic mass is 10.1. The van der Waals surface area contributed by atoms with Crippen LogP contribution in [-0.2, 0) is 10.7 Å². The van der Waals surface area contributed by atoms with Crippen molar-refractivity contribution in [1.82, 2.24) is 0 Å². The fraction of sp³-hybridized carbons (Fsp3) is 0.538. The zero-order chi connectivity index (χ0) is 16.4. The molecule has 0 heterocycles. The van der Waals surface area contributed by atoms with Crippen LogP contribution >= 0.6 is 7.37 Å². The van der Waals surface area contributed by atoms with Gasteiger partial charge in [-0.3, -0.25) is 4.57 Å². The highest BCUT2D eigenvalue weighted by atomic mass is 31.2. The van der Waals surface area contributed by atoms with Crippen molar-refractivity contribution >= 4 is 7.37 Å². The zero-order valence-electron chi connectivity index (χ0n) is 11.6. The Morgan fingerprint density at radius 2 is 1.43 bits per heavy atom. The van der Waals surface area contributed by atoms with Gasteiger partial charge in [-0.05, 0) is 5.92 Å². The molecule has 0 aliphatic rings. The van der Waals surface area contributed by atoms with E-state index in [-0.39, 0.29) is 12.1 Å². The summed E-state index contributed by atoms with van der Waals surface area (Å²) in [6.45, 7) is 3.55. The van der Waals surface area contributed by atoms with Crippen molar-refractivity contribution in [2.45, 2.75) is 32.9 Å². The third-order valence-electron chi connectivity index (χ3n) is 3.08. The van der Waals surface area contributed by atoms with Crippen LogP contribution in [0.3, 0.4) is 0 Å². The maximum absolute atomic E-state index is 13.5. The van der Waals surface area contributed by atoms with E-state index in [0.717, 1.165) is 6.42 Å². The molecule has 1 aromatic rings. The molecule has 1 rings (SSSR count). The van der Waals surface area contributed by atoms with E-state index in [0.29, 0.717) is 6.42 Å². The molecular weight excluding hydrogens is 314 g/mol. The molecular formula is C13H16F5O2P. The first-order valence-corrected chi connectivity index (χ1v) is 8.44. The minimum atomic E-state index is -4.04. The molecule has 8 heteroatoms. The summed E-state index contributed by atoms with van der Waals surface area (Å²) in [5.41, 5.74) is -1.24. The minimum Gasteiger partial charge on any atom is -0.344 e. The van der Waals surface area contributed by atoms with Gasteiger partial charge in [0.25, 0.3) is 0 Å². The Morgan fingerprint density at radius 3 is 1.86 bits per heavy atom. The number of hydrogen-bond donors (Lipinski definition) is 1. The van der Waals surface area contributed by atoms with Gasteiger partial charge in [0.15, 0.2) is 23.3 Å². The first-order valence-electron chi connectivity index (χ1n) is 6.41. The lowest BCUT2D eigenvalue weighted by Crippen LogP contribution is -2.10. The molecule has 2 nitrogen and oxygen atoms in total. The molecule has 0 fully saturated rings. The molecule has 1 aromatic carbocycles. The minimum absolute atomic E-state index is 0.188. The first kappa shape index (κ1) is 18.1. The second-order valence-electron chi connectivity index (χ2n) is 5.13. The standard InChI is InChI=1S/C13H16F5O2P/c1-3-4-7(2)5-21(19,20)6-8-9(14)11(16)13(18)12(17)10(8)15/h7H,3-6H2,1-2H3,(H,19,20). The van der Waals surface area contributed by atoms with E-state index in [1.807, 2.05) is 6.92 Å². The average molecular weight is 330 g/mol. The fourth-order valence-corrected chi connectivity index (χ4v) is 4.23. The van der Waals surface area contributed by atoms with Crippen molar-refractivity contribution < 1.29 is 31.4 Å². The van der Waals surface area contributed by atoms with Crippen LogP contribution in [0.15, 0.2) is 0 Å². The van der Waals surface area contributed by atoms with Gasteiger partial charge in [0.2, 0.25) is 13.2 Å². The van der Waals surface area contributed by atoms with Gasteiger partial charge < -0.3 is 4.89 Å². The molecule has 1 N–H and O–H groups in total. The summed E-state index contributed by atoms with van der Waals surface area (Å²) >= 11 is 0. The molecule has 0 radical (unpaired) electrons. The molecule has 0 aliphatic carbocycles. The van der Waals surface area contributed by atoms with Gasteiger partial charge in [-0.25, -0.2) is 22.0 Å². The number of halogens is 5. The molecule has 0 amide bonds. The van der Waals surface area contributed by atoms with Crippen molar-refractivity contribution in [2.24, 2.45) is 5.92 Å². The van der Waals surface area contributed by atoms with Crippen molar-refractivity contribution in [3.8, 4) is 0 Å². The molecule has 0 aromatic heterocycles. The van der Waals surface area contributed by atoms with E-state index < -0.39 is 48.2 Å². The van der Waals surface area contributed by atoms with Gasteiger partial charge in [0.05, 0.1) is 6.16 Å². The topological polar surface area (TPSA) is 37.3 Å². The zero-order valence-corrected chi connectivity index (χ0v) is 12.5. The largest absolute Gasteiger partial charge is 0.344 e. The fourth-order valence-electron chi connectivity index (χ4n) is 2.17. The molecule has 0 bridgehead atoms. The maximum Gasteiger partial charge on any atom is 0.205 e. The second-order valence-corrected chi connectivity index (χ2v) is 7.50. The quantitative estimate of drug-likeness (QED) is 0.358. The third-order valence-corrected chi connectivity index (χ3v) is 5.09. The number of rotatable bonds is 6. The van der Waals surface area contributed by atoms with E-state index in [9.17, 15) is 31.4 Å². The van der Waals surface area contributed by atoms with Crippen LogP contribution in [0.25, 0.3) is 0 Å². The van der Waals surface area contributed by atoms with E-state index >= 15 is 0 Å². The van der Waals surface area contributed by atoms with Gasteiger partial charge in [0.1, 0.15) is 0 Å². The van der Waals surface area contributed by atoms with Crippen LogP contribution in [0.1, 0.15) is 32.3 Å². The Kier molecular flexibility index (Phi) is 5.93. The van der Waals surface area contributed by atoms with Crippen molar-refractivity contribution in [3.63, 3.8) is 0 Å². The van der Waals surface area contributed by atoms with Gasteiger partial charge in [-0.1, -0.05) is 26.7 Å². The van der Waals surface area contributed by atoms with E-state index in [1.54, 1.807) is 6.92 Å². The number of benzene rings is 1. The summed E-state index contributed by atoms with van der Waals surface area (Å²) in [6.07, 6.45) is 0.0680. The molecule has 2 unspecified atom stereocenters. The Morgan fingerprint density at radius 1 is 1.00 bits per heavy atom. The lowest BCUT2D eigenvalue weighted by Gasteiger charge is -2.17. The Balaban J connectivity index is 3.11. The molecule has 2 atom stereocenters. The normalized spacial score (nSPS) is 15.8. The van der Waals surface area contributed by atoms with Crippen LogP contribution in [0.2, 0.25) is 0 Å². The number of hydrogen-bond acceptors (Lipinski definition) is 1. The maximum atomic E-state index is 13.5. The molecule has 0 aliphatic heterocycles. The van der Waals surface area contributed by atoms with Crippen LogP contribution in [0.5, 0.6) is 0 Å². The Hall–Kier alpha value is -0.940. The van der Waals surface area contributed by atoms with Crippen LogP contribution in [0, 0.1) is 35.0 Å². The van der Waals surface area contributed by atoms with Crippen LogP contribution in [0.4, 0.5) is 22.0 Å². The molecule has 21 heavy (non-hydrogen) atoms. The SMILES string of the molecule is CCCC(C)CP(=O)(O)Cc1c(F)c(F)c(F)c(F)c1F. The van der Waals surface area contributed by atoms with Crippen molar-refractivity contribution in [3.05, 3.63) is 34.6 Å².